The molecule has 6 nitrogen and oxygen atoms in total. The number of nitriles is 1. The first-order valence-corrected chi connectivity index (χ1v) is 9.74. The van der Waals surface area contributed by atoms with Crippen LogP contribution in [-0.2, 0) is 6.54 Å². The Labute approximate surface area is 174 Å². The number of anilines is 1. The molecule has 1 aliphatic heterocycles. The van der Waals surface area contributed by atoms with Crippen LogP contribution >= 0.6 is 0 Å². The Morgan fingerprint density at radius 3 is 2.70 bits per heavy atom. The minimum Gasteiger partial charge on any atom is -0.377 e. The summed E-state index contributed by atoms with van der Waals surface area (Å²) in [7, 11) is 0. The van der Waals surface area contributed by atoms with E-state index in [1.165, 1.54) is 0 Å². The molecule has 1 unspecified atom stereocenters. The summed E-state index contributed by atoms with van der Waals surface area (Å²) < 4.78 is 0. The van der Waals surface area contributed by atoms with Gasteiger partial charge in [-0.3, -0.25) is 9.97 Å². The normalized spacial score (nSPS) is 13.1. The highest BCUT2D eigenvalue weighted by atomic mass is 15.1. The molecule has 0 bridgehead atoms. The van der Waals surface area contributed by atoms with Gasteiger partial charge >= 0.3 is 0 Å². The Bertz CT molecular complexity index is 1320. The molecule has 0 spiro atoms. The van der Waals surface area contributed by atoms with E-state index in [1.807, 2.05) is 42.6 Å². The van der Waals surface area contributed by atoms with Crippen LogP contribution in [0.1, 0.15) is 29.8 Å². The third kappa shape index (κ3) is 3.16. The summed E-state index contributed by atoms with van der Waals surface area (Å²) in [6.07, 6.45) is 3.47. The lowest BCUT2D eigenvalue weighted by Crippen LogP contribution is -2.08. The van der Waals surface area contributed by atoms with E-state index < -0.39 is 0 Å². The van der Waals surface area contributed by atoms with Crippen molar-refractivity contribution in [3.05, 3.63) is 83.8 Å². The summed E-state index contributed by atoms with van der Waals surface area (Å²) in [4.78, 5) is 8.96. The molecule has 4 aromatic rings. The smallest absolute Gasteiger partial charge is 0.109 e. The summed E-state index contributed by atoms with van der Waals surface area (Å²) in [6.45, 7) is 2.62. The lowest BCUT2D eigenvalue weighted by Gasteiger charge is -2.18. The van der Waals surface area contributed by atoms with Crippen LogP contribution in [0, 0.1) is 11.3 Å². The van der Waals surface area contributed by atoms with E-state index in [4.69, 9.17) is 0 Å². The van der Waals surface area contributed by atoms with E-state index in [-0.39, 0.29) is 6.04 Å². The lowest BCUT2D eigenvalue weighted by molar-refractivity contribution is 0.885. The fourth-order valence-electron chi connectivity index (χ4n) is 3.68. The van der Waals surface area contributed by atoms with Crippen LogP contribution in [0.15, 0.2) is 77.2 Å². The molecule has 0 aliphatic carbocycles. The van der Waals surface area contributed by atoms with Gasteiger partial charge in [-0.1, -0.05) is 36.4 Å². The molecule has 1 N–H and O–H groups in total. The van der Waals surface area contributed by atoms with Gasteiger partial charge in [-0.25, -0.2) is 0 Å². The quantitative estimate of drug-likeness (QED) is 0.467. The van der Waals surface area contributed by atoms with Gasteiger partial charge in [-0.05, 0) is 36.2 Å². The standard InChI is InChI=1S/C24H18N6/c1-15(16-5-3-2-4-6-16)29-24-19(11-25)13-26-21-8-7-17(9-20(21)24)18-10-22-23(27-12-18)14-28-30-22/h2-10,12-13,15H,14H2,1H3,(H,26,29). The first kappa shape index (κ1) is 18.0. The number of nitrogens with one attached hydrogen (secondary N) is 1. The van der Waals surface area contributed by atoms with Crippen molar-refractivity contribution in [2.24, 2.45) is 10.2 Å². The molecule has 6 heteroatoms. The number of rotatable bonds is 4. The highest BCUT2D eigenvalue weighted by Gasteiger charge is 2.15. The molecule has 5 rings (SSSR count). The van der Waals surface area contributed by atoms with Crippen molar-refractivity contribution in [3.63, 3.8) is 0 Å². The Kier molecular flexibility index (Phi) is 4.41. The highest BCUT2D eigenvalue weighted by molar-refractivity contribution is 5.97. The summed E-state index contributed by atoms with van der Waals surface area (Å²) in [5.41, 5.74) is 6.94. The van der Waals surface area contributed by atoms with E-state index in [2.05, 4.69) is 56.7 Å². The van der Waals surface area contributed by atoms with Crippen LogP contribution in [0.5, 0.6) is 0 Å². The van der Waals surface area contributed by atoms with Gasteiger partial charge in [0.15, 0.2) is 0 Å². The predicted octanol–water partition coefficient (Wildman–Crippen LogP) is 5.94. The summed E-state index contributed by atoms with van der Waals surface area (Å²) in [5.74, 6) is 0. The van der Waals surface area contributed by atoms with Crippen molar-refractivity contribution >= 4 is 22.3 Å². The molecule has 0 fully saturated rings. The van der Waals surface area contributed by atoms with Gasteiger partial charge in [-0.15, -0.1) is 0 Å². The zero-order chi connectivity index (χ0) is 20.5. The Morgan fingerprint density at radius 1 is 1.00 bits per heavy atom. The Balaban J connectivity index is 1.61. The zero-order valence-corrected chi connectivity index (χ0v) is 16.4. The number of nitrogens with zero attached hydrogens (tertiary/aromatic N) is 5. The van der Waals surface area contributed by atoms with Gasteiger partial charge < -0.3 is 5.32 Å². The van der Waals surface area contributed by atoms with Crippen molar-refractivity contribution in [2.75, 3.05) is 5.32 Å². The third-order valence-corrected chi connectivity index (χ3v) is 5.33. The molecule has 144 valence electrons. The number of hydrogen-bond donors (Lipinski definition) is 1. The molecule has 30 heavy (non-hydrogen) atoms. The van der Waals surface area contributed by atoms with Crippen molar-refractivity contribution in [1.82, 2.24) is 9.97 Å². The third-order valence-electron chi connectivity index (χ3n) is 5.33. The molecular formula is C24H18N6. The van der Waals surface area contributed by atoms with Crippen LogP contribution in [0.2, 0.25) is 0 Å². The lowest BCUT2D eigenvalue weighted by atomic mass is 10.0. The van der Waals surface area contributed by atoms with Crippen LogP contribution in [0.25, 0.3) is 22.0 Å². The number of benzene rings is 2. The van der Waals surface area contributed by atoms with Crippen LogP contribution < -0.4 is 5.32 Å². The van der Waals surface area contributed by atoms with E-state index in [0.717, 1.165) is 44.7 Å². The first-order valence-electron chi connectivity index (χ1n) is 9.74. The fourth-order valence-corrected chi connectivity index (χ4v) is 3.68. The van der Waals surface area contributed by atoms with Crippen LogP contribution in [0.3, 0.4) is 0 Å². The Hall–Kier alpha value is -4.11. The Morgan fingerprint density at radius 2 is 1.87 bits per heavy atom. The van der Waals surface area contributed by atoms with Crippen LogP contribution in [-0.4, -0.2) is 9.97 Å². The number of hydrogen-bond acceptors (Lipinski definition) is 6. The summed E-state index contributed by atoms with van der Waals surface area (Å²) in [5, 5.41) is 22.3. The van der Waals surface area contributed by atoms with E-state index in [0.29, 0.717) is 12.1 Å². The number of pyridine rings is 2. The van der Waals surface area contributed by atoms with Gasteiger partial charge in [0.05, 0.1) is 22.5 Å². The van der Waals surface area contributed by atoms with Gasteiger partial charge in [-0.2, -0.15) is 15.5 Å². The highest BCUT2D eigenvalue weighted by Crippen LogP contribution is 2.34. The molecule has 0 amide bonds. The largest absolute Gasteiger partial charge is 0.377 e. The van der Waals surface area contributed by atoms with Gasteiger partial charge in [0, 0.05) is 29.4 Å². The van der Waals surface area contributed by atoms with Gasteiger partial charge in [0.2, 0.25) is 0 Å². The second-order valence-electron chi connectivity index (χ2n) is 7.26. The molecule has 1 aliphatic rings. The zero-order valence-electron chi connectivity index (χ0n) is 16.4. The maximum atomic E-state index is 9.69. The van der Waals surface area contributed by atoms with Crippen molar-refractivity contribution in [2.45, 2.75) is 19.5 Å². The first-order chi connectivity index (χ1) is 14.7. The van der Waals surface area contributed by atoms with Crippen LogP contribution in [0.4, 0.5) is 11.4 Å². The molecule has 1 atom stereocenters. The molecular weight excluding hydrogens is 372 g/mol. The average Bonchev–Trinajstić information content (AvgIpc) is 3.27. The molecule has 3 heterocycles. The molecule has 0 saturated carbocycles. The van der Waals surface area contributed by atoms with E-state index >= 15 is 0 Å². The molecule has 0 saturated heterocycles. The van der Waals surface area contributed by atoms with E-state index in [9.17, 15) is 5.26 Å². The number of fused-ring (bicyclic) bond motifs is 2. The maximum Gasteiger partial charge on any atom is 0.109 e. The minimum absolute atomic E-state index is 0.0367. The number of azo groups is 1. The fraction of sp³-hybridized carbons (Fsp3) is 0.125. The van der Waals surface area contributed by atoms with Crippen molar-refractivity contribution < 1.29 is 0 Å². The minimum atomic E-state index is 0.0367. The SMILES string of the molecule is CC(Nc1c(C#N)cnc2ccc(-c3cnc4c(c3)N=NC4)cc12)c1ccccc1. The number of aromatic nitrogens is 2. The van der Waals surface area contributed by atoms with Crippen molar-refractivity contribution in [1.29, 1.82) is 5.26 Å². The van der Waals surface area contributed by atoms with Crippen molar-refractivity contribution in [3.8, 4) is 17.2 Å². The summed E-state index contributed by atoms with van der Waals surface area (Å²) >= 11 is 0. The molecule has 0 radical (unpaired) electrons. The monoisotopic (exact) mass is 390 g/mol. The average molecular weight is 390 g/mol. The van der Waals surface area contributed by atoms with Gasteiger partial charge in [0.25, 0.3) is 0 Å². The molecule has 2 aromatic heterocycles. The predicted molar refractivity (Wildman–Crippen MR) is 116 cm³/mol. The van der Waals surface area contributed by atoms with Gasteiger partial charge in [0.1, 0.15) is 18.3 Å². The summed E-state index contributed by atoms with van der Waals surface area (Å²) in [6, 6.07) is 20.5. The van der Waals surface area contributed by atoms with E-state index in [1.54, 1.807) is 6.20 Å². The molecule has 2 aromatic carbocycles. The maximum absolute atomic E-state index is 9.69. The topological polar surface area (TPSA) is 86.3 Å². The second kappa shape index (κ2) is 7.37. The second-order valence-corrected chi connectivity index (χ2v) is 7.26.